The number of hydrogen-bond acceptors (Lipinski definition) is 2. The van der Waals surface area contributed by atoms with E-state index in [-0.39, 0.29) is 17.0 Å². The molecule has 0 bridgehead atoms. The lowest BCUT2D eigenvalue weighted by molar-refractivity contribution is -0.123. The highest BCUT2D eigenvalue weighted by Crippen LogP contribution is 2.26. The number of carbonyl (C=O) groups is 1. The largest absolute Gasteiger partial charge is 0.388 e. The molecule has 6 heteroatoms. The summed E-state index contributed by atoms with van der Waals surface area (Å²) >= 11 is 5.94. The smallest absolute Gasteiger partial charge is 0.223 e. The summed E-state index contributed by atoms with van der Waals surface area (Å²) < 4.78 is 26.9. The van der Waals surface area contributed by atoms with Crippen LogP contribution in [0.4, 0.5) is 8.78 Å². The molecule has 0 saturated carbocycles. The average molecular weight is 340 g/mol. The Hall–Kier alpha value is -1.98. The molecule has 0 aliphatic carbocycles. The van der Waals surface area contributed by atoms with E-state index in [1.807, 2.05) is 0 Å². The quantitative estimate of drug-likeness (QED) is 0.867. The summed E-state index contributed by atoms with van der Waals surface area (Å²) in [6.07, 6.45) is -1.41. The Balaban J connectivity index is 2.02. The van der Waals surface area contributed by atoms with E-state index in [2.05, 4.69) is 5.32 Å². The molecule has 2 unspecified atom stereocenters. The number of aliphatic hydroxyl groups is 1. The first-order valence-electron chi connectivity index (χ1n) is 7.05. The van der Waals surface area contributed by atoms with Crippen molar-refractivity contribution in [3.63, 3.8) is 0 Å². The third kappa shape index (κ3) is 4.50. The maximum absolute atomic E-state index is 13.8. The Morgan fingerprint density at radius 2 is 1.96 bits per heavy atom. The highest BCUT2D eigenvalue weighted by atomic mass is 35.5. The zero-order valence-corrected chi connectivity index (χ0v) is 13.1. The minimum absolute atomic E-state index is 0.183. The lowest BCUT2D eigenvalue weighted by atomic mass is 10.0. The van der Waals surface area contributed by atoms with Crippen molar-refractivity contribution in [3.05, 3.63) is 70.2 Å². The van der Waals surface area contributed by atoms with Crippen molar-refractivity contribution in [2.24, 2.45) is 0 Å². The van der Waals surface area contributed by atoms with Gasteiger partial charge in [-0.05, 0) is 36.8 Å². The summed E-state index contributed by atoms with van der Waals surface area (Å²) in [6, 6.07) is 8.99. The zero-order valence-electron chi connectivity index (χ0n) is 12.4. The van der Waals surface area contributed by atoms with Gasteiger partial charge in [-0.25, -0.2) is 8.78 Å². The van der Waals surface area contributed by atoms with Gasteiger partial charge in [0, 0.05) is 10.6 Å². The molecule has 23 heavy (non-hydrogen) atoms. The first-order valence-corrected chi connectivity index (χ1v) is 7.43. The van der Waals surface area contributed by atoms with Gasteiger partial charge in [0.2, 0.25) is 5.91 Å². The van der Waals surface area contributed by atoms with E-state index in [1.165, 1.54) is 36.4 Å². The van der Waals surface area contributed by atoms with Crippen LogP contribution in [-0.4, -0.2) is 11.0 Å². The van der Waals surface area contributed by atoms with Crippen LogP contribution >= 0.6 is 11.6 Å². The van der Waals surface area contributed by atoms with Crippen LogP contribution in [0.5, 0.6) is 0 Å². The molecule has 2 aromatic rings. The summed E-state index contributed by atoms with van der Waals surface area (Å²) in [7, 11) is 0. The van der Waals surface area contributed by atoms with Crippen molar-refractivity contribution in [2.45, 2.75) is 25.5 Å². The molecular formula is C17H16ClF2NO2. The molecule has 0 heterocycles. The van der Waals surface area contributed by atoms with Gasteiger partial charge in [0.05, 0.1) is 18.6 Å². The SMILES string of the molecule is CC(NC(=O)CC(O)c1cccc(F)c1)c1c(F)cccc1Cl. The van der Waals surface area contributed by atoms with Gasteiger partial charge in [0.1, 0.15) is 11.6 Å². The van der Waals surface area contributed by atoms with Crippen molar-refractivity contribution >= 4 is 17.5 Å². The molecule has 0 fully saturated rings. The maximum Gasteiger partial charge on any atom is 0.223 e. The summed E-state index contributed by atoms with van der Waals surface area (Å²) in [5, 5.41) is 12.8. The van der Waals surface area contributed by atoms with E-state index < -0.39 is 29.7 Å². The van der Waals surface area contributed by atoms with Gasteiger partial charge in [0.25, 0.3) is 0 Å². The molecule has 3 nitrogen and oxygen atoms in total. The predicted octanol–water partition coefficient (Wildman–Crippen LogP) is 3.92. The van der Waals surface area contributed by atoms with Gasteiger partial charge in [0.15, 0.2) is 0 Å². The second-order valence-corrected chi connectivity index (χ2v) is 5.61. The number of benzene rings is 2. The maximum atomic E-state index is 13.8. The van der Waals surface area contributed by atoms with Crippen LogP contribution in [0.2, 0.25) is 5.02 Å². The van der Waals surface area contributed by atoms with Gasteiger partial charge in [-0.2, -0.15) is 0 Å². The molecular weight excluding hydrogens is 324 g/mol. The van der Waals surface area contributed by atoms with Crippen LogP contribution in [0.15, 0.2) is 42.5 Å². The van der Waals surface area contributed by atoms with E-state index in [9.17, 15) is 18.7 Å². The fourth-order valence-electron chi connectivity index (χ4n) is 2.30. The number of aliphatic hydroxyl groups excluding tert-OH is 1. The highest BCUT2D eigenvalue weighted by Gasteiger charge is 2.19. The van der Waals surface area contributed by atoms with Gasteiger partial charge >= 0.3 is 0 Å². The fraction of sp³-hybridized carbons (Fsp3) is 0.235. The molecule has 2 rings (SSSR count). The van der Waals surface area contributed by atoms with Crippen molar-refractivity contribution in [3.8, 4) is 0 Å². The standard InChI is InChI=1S/C17H16ClF2NO2/c1-10(17-13(18)6-3-7-14(17)20)21-16(23)9-15(22)11-4-2-5-12(19)8-11/h2-8,10,15,22H,9H2,1H3,(H,21,23). The molecule has 0 saturated heterocycles. The van der Waals surface area contributed by atoms with E-state index in [0.29, 0.717) is 5.56 Å². The van der Waals surface area contributed by atoms with Crippen molar-refractivity contribution in [1.29, 1.82) is 0 Å². The highest BCUT2D eigenvalue weighted by molar-refractivity contribution is 6.31. The fourth-order valence-corrected chi connectivity index (χ4v) is 2.63. The number of amides is 1. The molecule has 122 valence electrons. The van der Waals surface area contributed by atoms with E-state index >= 15 is 0 Å². The van der Waals surface area contributed by atoms with Gasteiger partial charge < -0.3 is 10.4 Å². The lowest BCUT2D eigenvalue weighted by Gasteiger charge is -2.18. The summed E-state index contributed by atoms with van der Waals surface area (Å²) in [5.41, 5.74) is 0.486. The van der Waals surface area contributed by atoms with Crippen LogP contribution in [0.1, 0.15) is 36.6 Å². The predicted molar refractivity (Wildman–Crippen MR) is 83.9 cm³/mol. The van der Waals surface area contributed by atoms with Crippen molar-refractivity contribution < 1.29 is 18.7 Å². The van der Waals surface area contributed by atoms with E-state index in [0.717, 1.165) is 6.07 Å². The van der Waals surface area contributed by atoms with Crippen LogP contribution < -0.4 is 5.32 Å². The topological polar surface area (TPSA) is 49.3 Å². The van der Waals surface area contributed by atoms with E-state index in [4.69, 9.17) is 11.6 Å². The molecule has 0 aromatic heterocycles. The molecule has 0 spiro atoms. The first kappa shape index (κ1) is 17.4. The average Bonchev–Trinajstić information content (AvgIpc) is 2.46. The van der Waals surface area contributed by atoms with Gasteiger partial charge in [-0.15, -0.1) is 0 Å². The third-order valence-electron chi connectivity index (χ3n) is 3.42. The monoisotopic (exact) mass is 339 g/mol. The first-order chi connectivity index (χ1) is 10.9. The second-order valence-electron chi connectivity index (χ2n) is 5.20. The van der Waals surface area contributed by atoms with Crippen molar-refractivity contribution in [1.82, 2.24) is 5.32 Å². The van der Waals surface area contributed by atoms with Crippen molar-refractivity contribution in [2.75, 3.05) is 0 Å². The lowest BCUT2D eigenvalue weighted by Crippen LogP contribution is -2.28. The zero-order chi connectivity index (χ0) is 17.0. The molecule has 0 aliphatic heterocycles. The Morgan fingerprint density at radius 3 is 2.61 bits per heavy atom. The Labute approximate surface area is 137 Å². The number of hydrogen-bond donors (Lipinski definition) is 2. The summed E-state index contributed by atoms with van der Waals surface area (Å²) in [5.74, 6) is -1.50. The molecule has 2 N–H and O–H groups in total. The number of halogens is 3. The van der Waals surface area contributed by atoms with Crippen LogP contribution in [0, 0.1) is 11.6 Å². The van der Waals surface area contributed by atoms with E-state index in [1.54, 1.807) is 6.92 Å². The summed E-state index contributed by atoms with van der Waals surface area (Å²) in [6.45, 7) is 1.59. The van der Waals surface area contributed by atoms with Gasteiger partial charge in [-0.1, -0.05) is 29.8 Å². The van der Waals surface area contributed by atoms with Crippen LogP contribution in [0.25, 0.3) is 0 Å². The van der Waals surface area contributed by atoms with Crippen LogP contribution in [0.3, 0.4) is 0 Å². The minimum Gasteiger partial charge on any atom is -0.388 e. The number of rotatable bonds is 5. The summed E-state index contributed by atoms with van der Waals surface area (Å²) in [4.78, 5) is 12.0. The minimum atomic E-state index is -1.14. The number of carbonyl (C=O) groups excluding carboxylic acids is 1. The number of nitrogens with one attached hydrogen (secondary N) is 1. The molecule has 2 atom stereocenters. The van der Waals surface area contributed by atoms with Gasteiger partial charge in [-0.3, -0.25) is 4.79 Å². The Kier molecular flexibility index (Phi) is 5.69. The normalized spacial score (nSPS) is 13.4. The van der Waals surface area contributed by atoms with Crippen LogP contribution in [-0.2, 0) is 4.79 Å². The Morgan fingerprint density at radius 1 is 1.26 bits per heavy atom. The second kappa shape index (κ2) is 7.53. The molecule has 2 aromatic carbocycles. The third-order valence-corrected chi connectivity index (χ3v) is 3.75. The molecule has 0 radical (unpaired) electrons. The Bertz CT molecular complexity index is 688. The molecule has 0 aliphatic rings. The molecule has 1 amide bonds.